The van der Waals surface area contributed by atoms with E-state index in [4.69, 9.17) is 9.47 Å². The Bertz CT molecular complexity index is 461. The number of carbonyl (C=O) groups excluding carboxylic acids is 1. The minimum Gasteiger partial charge on any atom is -0.481 e. The highest BCUT2D eigenvalue weighted by Gasteiger charge is 2.30. The van der Waals surface area contributed by atoms with Crippen molar-refractivity contribution in [2.75, 3.05) is 13.1 Å². The molecule has 1 aliphatic rings. The van der Waals surface area contributed by atoms with Gasteiger partial charge in [0, 0.05) is 13.1 Å². The summed E-state index contributed by atoms with van der Waals surface area (Å²) in [5.74, 6) is 0.801. The summed E-state index contributed by atoms with van der Waals surface area (Å²) in [5, 5.41) is 0. The van der Waals surface area contributed by atoms with Gasteiger partial charge in [-0.05, 0) is 39.3 Å². The first-order valence-electron chi connectivity index (χ1n) is 7.67. The molecule has 0 aliphatic carbocycles. The van der Waals surface area contributed by atoms with Crippen molar-refractivity contribution in [3.8, 4) is 5.75 Å². The SMILES string of the molecule is CC[C@@H](Oc1ccc(C)cc1)C(=O)N1C[C@@H](C)O[C@@H](C)C1. The molecule has 1 saturated heterocycles. The monoisotopic (exact) mass is 291 g/mol. The molecule has 3 atom stereocenters. The van der Waals surface area contributed by atoms with Crippen LogP contribution in [0.25, 0.3) is 0 Å². The van der Waals surface area contributed by atoms with Crippen molar-refractivity contribution in [2.45, 2.75) is 52.4 Å². The average molecular weight is 291 g/mol. The van der Waals surface area contributed by atoms with Crippen molar-refractivity contribution in [3.63, 3.8) is 0 Å². The topological polar surface area (TPSA) is 38.8 Å². The van der Waals surface area contributed by atoms with Gasteiger partial charge in [0.05, 0.1) is 12.2 Å². The van der Waals surface area contributed by atoms with Crippen molar-refractivity contribution in [3.05, 3.63) is 29.8 Å². The van der Waals surface area contributed by atoms with E-state index < -0.39 is 6.10 Å². The van der Waals surface area contributed by atoms with E-state index in [1.807, 2.05) is 56.9 Å². The fourth-order valence-electron chi connectivity index (χ4n) is 2.65. The van der Waals surface area contributed by atoms with Gasteiger partial charge in [-0.2, -0.15) is 0 Å². The lowest BCUT2D eigenvalue weighted by Gasteiger charge is -2.36. The number of carbonyl (C=O) groups is 1. The van der Waals surface area contributed by atoms with Gasteiger partial charge >= 0.3 is 0 Å². The van der Waals surface area contributed by atoms with Crippen LogP contribution in [-0.2, 0) is 9.53 Å². The third-order valence-electron chi connectivity index (χ3n) is 3.68. The molecule has 0 aromatic heterocycles. The average Bonchev–Trinajstić information content (AvgIpc) is 2.45. The molecule has 4 heteroatoms. The molecule has 1 fully saturated rings. The predicted molar refractivity (Wildman–Crippen MR) is 82.5 cm³/mol. The van der Waals surface area contributed by atoms with E-state index in [2.05, 4.69) is 0 Å². The molecule has 0 unspecified atom stereocenters. The molecule has 0 N–H and O–H groups in total. The van der Waals surface area contributed by atoms with Crippen molar-refractivity contribution in [2.24, 2.45) is 0 Å². The van der Waals surface area contributed by atoms with E-state index in [0.717, 1.165) is 5.75 Å². The molecule has 21 heavy (non-hydrogen) atoms. The van der Waals surface area contributed by atoms with Gasteiger partial charge in [-0.25, -0.2) is 0 Å². The van der Waals surface area contributed by atoms with Crippen LogP contribution in [-0.4, -0.2) is 42.2 Å². The number of ether oxygens (including phenoxy) is 2. The zero-order valence-corrected chi connectivity index (χ0v) is 13.3. The van der Waals surface area contributed by atoms with Crippen LogP contribution in [0, 0.1) is 6.92 Å². The minimum atomic E-state index is -0.426. The molecule has 0 spiro atoms. The summed E-state index contributed by atoms with van der Waals surface area (Å²) in [7, 11) is 0. The Morgan fingerprint density at radius 2 is 1.86 bits per heavy atom. The van der Waals surface area contributed by atoms with Crippen molar-refractivity contribution in [1.82, 2.24) is 4.90 Å². The van der Waals surface area contributed by atoms with Crippen LogP contribution in [0.3, 0.4) is 0 Å². The van der Waals surface area contributed by atoms with Gasteiger partial charge in [0.15, 0.2) is 6.10 Å². The number of benzene rings is 1. The van der Waals surface area contributed by atoms with E-state index in [0.29, 0.717) is 19.5 Å². The van der Waals surface area contributed by atoms with Gasteiger partial charge in [-0.15, -0.1) is 0 Å². The van der Waals surface area contributed by atoms with Gasteiger partial charge < -0.3 is 14.4 Å². The molecule has 1 amide bonds. The van der Waals surface area contributed by atoms with Crippen LogP contribution in [0.4, 0.5) is 0 Å². The smallest absolute Gasteiger partial charge is 0.263 e. The zero-order chi connectivity index (χ0) is 15.4. The van der Waals surface area contributed by atoms with Gasteiger partial charge in [0.2, 0.25) is 0 Å². The largest absolute Gasteiger partial charge is 0.481 e. The molecule has 4 nitrogen and oxygen atoms in total. The number of hydrogen-bond donors (Lipinski definition) is 0. The van der Waals surface area contributed by atoms with Gasteiger partial charge in [-0.1, -0.05) is 24.6 Å². The van der Waals surface area contributed by atoms with Crippen LogP contribution in [0.1, 0.15) is 32.8 Å². The van der Waals surface area contributed by atoms with Crippen LogP contribution < -0.4 is 4.74 Å². The molecule has 1 aromatic rings. The van der Waals surface area contributed by atoms with E-state index in [-0.39, 0.29) is 18.1 Å². The van der Waals surface area contributed by atoms with E-state index in [1.54, 1.807) is 0 Å². The van der Waals surface area contributed by atoms with E-state index in [1.165, 1.54) is 5.56 Å². The number of hydrogen-bond acceptors (Lipinski definition) is 3. The quantitative estimate of drug-likeness (QED) is 0.856. The molecule has 0 bridgehead atoms. The standard InChI is InChI=1S/C17H25NO3/c1-5-16(21-15-8-6-12(2)7-9-15)17(19)18-10-13(3)20-14(4)11-18/h6-9,13-14,16H,5,10-11H2,1-4H3/t13-,14+,16-/m1/s1. The van der Waals surface area contributed by atoms with Crippen LogP contribution in [0.15, 0.2) is 24.3 Å². The fraction of sp³-hybridized carbons (Fsp3) is 0.588. The first-order valence-corrected chi connectivity index (χ1v) is 7.67. The second-order valence-electron chi connectivity index (χ2n) is 5.83. The Labute approximate surface area is 127 Å². The second kappa shape index (κ2) is 6.94. The van der Waals surface area contributed by atoms with E-state index >= 15 is 0 Å². The number of rotatable bonds is 4. The summed E-state index contributed by atoms with van der Waals surface area (Å²) in [4.78, 5) is 14.5. The van der Waals surface area contributed by atoms with Gasteiger partial charge in [0.25, 0.3) is 5.91 Å². The van der Waals surface area contributed by atoms with Crippen molar-refractivity contribution >= 4 is 5.91 Å². The number of aryl methyl sites for hydroxylation is 1. The summed E-state index contributed by atoms with van der Waals surface area (Å²) in [5.41, 5.74) is 1.18. The summed E-state index contributed by atoms with van der Waals surface area (Å²) in [6.07, 6.45) is 0.390. The van der Waals surface area contributed by atoms with E-state index in [9.17, 15) is 4.79 Å². The molecule has 1 aromatic carbocycles. The maximum absolute atomic E-state index is 12.6. The van der Waals surface area contributed by atoms with Crippen LogP contribution >= 0.6 is 0 Å². The van der Waals surface area contributed by atoms with Gasteiger partial charge in [-0.3, -0.25) is 4.79 Å². The highest BCUT2D eigenvalue weighted by Crippen LogP contribution is 2.18. The Balaban J connectivity index is 2.02. The van der Waals surface area contributed by atoms with Crippen LogP contribution in [0.2, 0.25) is 0 Å². The maximum Gasteiger partial charge on any atom is 0.263 e. The summed E-state index contributed by atoms with van der Waals surface area (Å²) >= 11 is 0. The molecule has 2 rings (SSSR count). The highest BCUT2D eigenvalue weighted by molar-refractivity contribution is 5.81. The normalized spacial score (nSPS) is 23.7. The highest BCUT2D eigenvalue weighted by atomic mass is 16.5. The van der Waals surface area contributed by atoms with Crippen LogP contribution in [0.5, 0.6) is 5.75 Å². The molecular formula is C17H25NO3. The lowest BCUT2D eigenvalue weighted by atomic mass is 10.1. The number of nitrogens with zero attached hydrogens (tertiary/aromatic N) is 1. The first-order chi connectivity index (χ1) is 9.99. The number of amides is 1. The summed E-state index contributed by atoms with van der Waals surface area (Å²) in [6, 6.07) is 7.81. The summed E-state index contributed by atoms with van der Waals surface area (Å²) < 4.78 is 11.5. The Morgan fingerprint density at radius 1 is 1.29 bits per heavy atom. The van der Waals surface area contributed by atoms with Crippen molar-refractivity contribution in [1.29, 1.82) is 0 Å². The lowest BCUT2D eigenvalue weighted by molar-refractivity contribution is -0.150. The van der Waals surface area contributed by atoms with Gasteiger partial charge in [0.1, 0.15) is 5.75 Å². The first kappa shape index (κ1) is 15.8. The second-order valence-corrected chi connectivity index (χ2v) is 5.83. The third kappa shape index (κ3) is 4.21. The fourth-order valence-corrected chi connectivity index (χ4v) is 2.65. The Kier molecular flexibility index (Phi) is 5.23. The predicted octanol–water partition coefficient (Wildman–Crippen LogP) is 2.79. The lowest BCUT2D eigenvalue weighted by Crippen LogP contribution is -2.52. The molecule has 1 aliphatic heterocycles. The number of morpholine rings is 1. The Morgan fingerprint density at radius 3 is 2.38 bits per heavy atom. The zero-order valence-electron chi connectivity index (χ0n) is 13.3. The maximum atomic E-state index is 12.6. The molecular weight excluding hydrogens is 266 g/mol. The molecule has 1 heterocycles. The molecule has 0 radical (unpaired) electrons. The minimum absolute atomic E-state index is 0.0556. The van der Waals surface area contributed by atoms with Crippen molar-refractivity contribution < 1.29 is 14.3 Å². The molecule has 0 saturated carbocycles. The Hall–Kier alpha value is -1.55. The molecule has 116 valence electrons. The summed E-state index contributed by atoms with van der Waals surface area (Å²) in [6.45, 7) is 9.27. The third-order valence-corrected chi connectivity index (χ3v) is 3.68.